The molecule has 2 rings (SSSR count). The third-order valence-electron chi connectivity index (χ3n) is 3.70. The first-order valence-corrected chi connectivity index (χ1v) is 8.00. The summed E-state index contributed by atoms with van der Waals surface area (Å²) in [7, 11) is 0. The van der Waals surface area contributed by atoms with Gasteiger partial charge in [0.25, 0.3) is 0 Å². The molecule has 0 bridgehead atoms. The van der Waals surface area contributed by atoms with Gasteiger partial charge < -0.3 is 14.2 Å². The molecule has 0 amide bonds. The fraction of sp³-hybridized carbons (Fsp3) is 0.647. The Morgan fingerprint density at radius 1 is 1.13 bits per heavy atom. The molecule has 0 aliphatic carbocycles. The lowest BCUT2D eigenvalue weighted by Gasteiger charge is -2.29. The van der Waals surface area contributed by atoms with E-state index in [-0.39, 0.29) is 25.2 Å². The summed E-state index contributed by atoms with van der Waals surface area (Å²) in [6, 6.07) is 7.25. The summed E-state index contributed by atoms with van der Waals surface area (Å²) in [6.45, 7) is 3.29. The van der Waals surface area contributed by atoms with E-state index in [1.54, 1.807) is 12.1 Å². The molecule has 0 radical (unpaired) electrons. The van der Waals surface area contributed by atoms with Gasteiger partial charge in [-0.1, -0.05) is 25.5 Å². The van der Waals surface area contributed by atoms with Gasteiger partial charge in [0.05, 0.1) is 25.9 Å². The predicted octanol–water partition coefficient (Wildman–Crippen LogP) is 4.66. The van der Waals surface area contributed by atoms with Crippen LogP contribution in [0.2, 0.25) is 0 Å². The van der Waals surface area contributed by atoms with Crippen molar-refractivity contribution in [3.8, 4) is 5.75 Å². The maximum Gasteiger partial charge on any atom is 0.389 e. The molecule has 1 aliphatic rings. The molecule has 1 heterocycles. The highest BCUT2D eigenvalue weighted by Crippen LogP contribution is 2.26. The number of benzene rings is 1. The Kier molecular flexibility index (Phi) is 6.72. The molecule has 23 heavy (non-hydrogen) atoms. The van der Waals surface area contributed by atoms with Crippen molar-refractivity contribution in [3.05, 3.63) is 29.8 Å². The summed E-state index contributed by atoms with van der Waals surface area (Å²) in [5, 5.41) is 0. The molecule has 130 valence electrons. The van der Waals surface area contributed by atoms with Crippen molar-refractivity contribution in [1.82, 2.24) is 0 Å². The van der Waals surface area contributed by atoms with E-state index >= 15 is 0 Å². The van der Waals surface area contributed by atoms with Gasteiger partial charge in [-0.05, 0) is 30.5 Å². The Morgan fingerprint density at radius 3 is 2.43 bits per heavy atom. The van der Waals surface area contributed by atoms with Crippen LogP contribution in [-0.4, -0.2) is 32.1 Å². The SMILES string of the molecule is CCC[C@H]1CO[C@H](c2ccc(OCCCC(F)(F)F)cc2)CO1. The van der Waals surface area contributed by atoms with Gasteiger partial charge in [0.15, 0.2) is 0 Å². The molecular formula is C17H23F3O3. The maximum absolute atomic E-state index is 12.0. The van der Waals surface area contributed by atoms with Crippen LogP contribution in [0.5, 0.6) is 5.75 Å². The first-order chi connectivity index (χ1) is 11.0. The number of ether oxygens (including phenoxy) is 3. The molecule has 0 N–H and O–H groups in total. The van der Waals surface area contributed by atoms with Crippen LogP contribution in [-0.2, 0) is 9.47 Å². The molecule has 2 atom stereocenters. The standard InChI is InChI=1S/C17H23F3O3/c1-2-4-15-11-23-16(12-22-15)13-5-7-14(8-6-13)21-10-3-9-17(18,19)20/h5-8,15-16H,2-4,9-12H2,1H3/t15-,16-/m0/s1. The maximum atomic E-state index is 12.0. The Balaban J connectivity index is 1.74. The first-order valence-electron chi connectivity index (χ1n) is 8.00. The van der Waals surface area contributed by atoms with Gasteiger partial charge in [-0.2, -0.15) is 13.2 Å². The average molecular weight is 332 g/mol. The predicted molar refractivity (Wildman–Crippen MR) is 80.6 cm³/mol. The second-order valence-electron chi connectivity index (χ2n) is 5.70. The topological polar surface area (TPSA) is 27.7 Å². The van der Waals surface area contributed by atoms with E-state index in [1.807, 2.05) is 12.1 Å². The van der Waals surface area contributed by atoms with Crippen LogP contribution in [0, 0.1) is 0 Å². The number of halogens is 3. The number of hydrogen-bond donors (Lipinski definition) is 0. The molecule has 1 aromatic rings. The zero-order valence-corrected chi connectivity index (χ0v) is 13.3. The monoisotopic (exact) mass is 332 g/mol. The Bertz CT molecular complexity index is 451. The summed E-state index contributed by atoms with van der Waals surface area (Å²) < 4.78 is 53.0. The van der Waals surface area contributed by atoms with Gasteiger partial charge in [-0.3, -0.25) is 0 Å². The molecule has 0 saturated carbocycles. The van der Waals surface area contributed by atoms with Crippen molar-refractivity contribution in [1.29, 1.82) is 0 Å². The lowest BCUT2D eigenvalue weighted by Crippen LogP contribution is -2.30. The number of alkyl halides is 3. The van der Waals surface area contributed by atoms with Crippen LogP contribution < -0.4 is 4.74 Å². The quantitative estimate of drug-likeness (QED) is 0.680. The van der Waals surface area contributed by atoms with Gasteiger partial charge >= 0.3 is 6.18 Å². The molecule has 1 aliphatic heterocycles. The van der Waals surface area contributed by atoms with E-state index in [0.29, 0.717) is 19.0 Å². The van der Waals surface area contributed by atoms with Crippen LogP contribution in [0.15, 0.2) is 24.3 Å². The van der Waals surface area contributed by atoms with Crippen LogP contribution in [0.1, 0.15) is 44.3 Å². The zero-order valence-electron chi connectivity index (χ0n) is 13.3. The minimum Gasteiger partial charge on any atom is -0.494 e. The van der Waals surface area contributed by atoms with E-state index in [9.17, 15) is 13.2 Å². The summed E-state index contributed by atoms with van der Waals surface area (Å²) in [5.74, 6) is 0.566. The molecule has 3 nitrogen and oxygen atoms in total. The molecule has 0 unspecified atom stereocenters. The van der Waals surface area contributed by atoms with E-state index in [4.69, 9.17) is 14.2 Å². The Hall–Kier alpha value is -1.27. The molecular weight excluding hydrogens is 309 g/mol. The largest absolute Gasteiger partial charge is 0.494 e. The minimum atomic E-state index is -4.12. The van der Waals surface area contributed by atoms with Crippen molar-refractivity contribution >= 4 is 0 Å². The summed E-state index contributed by atoms with van der Waals surface area (Å²) in [4.78, 5) is 0. The van der Waals surface area contributed by atoms with Crippen LogP contribution in [0.25, 0.3) is 0 Å². The van der Waals surface area contributed by atoms with Crippen LogP contribution >= 0.6 is 0 Å². The van der Waals surface area contributed by atoms with Crippen molar-refractivity contribution in [3.63, 3.8) is 0 Å². The van der Waals surface area contributed by atoms with Gasteiger partial charge in [0.2, 0.25) is 0 Å². The Morgan fingerprint density at radius 2 is 1.87 bits per heavy atom. The highest BCUT2D eigenvalue weighted by molar-refractivity contribution is 5.28. The lowest BCUT2D eigenvalue weighted by atomic mass is 10.1. The van der Waals surface area contributed by atoms with Crippen molar-refractivity contribution in [2.24, 2.45) is 0 Å². The molecule has 1 fully saturated rings. The first kappa shape index (κ1) is 18.1. The summed E-state index contributed by atoms with van der Waals surface area (Å²) in [6.07, 6.45) is -2.84. The van der Waals surface area contributed by atoms with Crippen LogP contribution in [0.3, 0.4) is 0 Å². The second kappa shape index (κ2) is 8.55. The van der Waals surface area contributed by atoms with Crippen LogP contribution in [0.4, 0.5) is 13.2 Å². The number of hydrogen-bond acceptors (Lipinski definition) is 3. The highest BCUT2D eigenvalue weighted by Gasteiger charge is 2.26. The highest BCUT2D eigenvalue weighted by atomic mass is 19.4. The normalized spacial score (nSPS) is 22.1. The van der Waals surface area contributed by atoms with E-state index in [0.717, 1.165) is 18.4 Å². The second-order valence-corrected chi connectivity index (χ2v) is 5.70. The molecule has 1 saturated heterocycles. The molecule has 6 heteroatoms. The lowest BCUT2D eigenvalue weighted by molar-refractivity contribution is -0.137. The van der Waals surface area contributed by atoms with Gasteiger partial charge in [0, 0.05) is 6.42 Å². The van der Waals surface area contributed by atoms with E-state index < -0.39 is 12.6 Å². The fourth-order valence-corrected chi connectivity index (χ4v) is 2.47. The number of rotatable bonds is 7. The summed E-state index contributed by atoms with van der Waals surface area (Å²) >= 11 is 0. The van der Waals surface area contributed by atoms with Crippen molar-refractivity contribution in [2.75, 3.05) is 19.8 Å². The Labute approximate surface area is 134 Å². The van der Waals surface area contributed by atoms with Gasteiger partial charge in [-0.15, -0.1) is 0 Å². The van der Waals surface area contributed by atoms with E-state index in [2.05, 4.69) is 6.92 Å². The molecule has 1 aromatic carbocycles. The fourth-order valence-electron chi connectivity index (χ4n) is 2.47. The molecule has 0 aromatic heterocycles. The molecule has 0 spiro atoms. The van der Waals surface area contributed by atoms with Gasteiger partial charge in [0.1, 0.15) is 11.9 Å². The summed E-state index contributed by atoms with van der Waals surface area (Å²) in [5.41, 5.74) is 0.989. The van der Waals surface area contributed by atoms with E-state index in [1.165, 1.54) is 0 Å². The van der Waals surface area contributed by atoms with Gasteiger partial charge in [-0.25, -0.2) is 0 Å². The smallest absolute Gasteiger partial charge is 0.389 e. The third kappa shape index (κ3) is 6.39. The average Bonchev–Trinajstić information content (AvgIpc) is 2.52. The van der Waals surface area contributed by atoms with Crippen molar-refractivity contribution in [2.45, 2.75) is 51.0 Å². The minimum absolute atomic E-state index is 0.0381. The zero-order chi connectivity index (χ0) is 16.7. The third-order valence-corrected chi connectivity index (χ3v) is 3.70. The van der Waals surface area contributed by atoms with Crippen molar-refractivity contribution < 1.29 is 27.4 Å².